The summed E-state index contributed by atoms with van der Waals surface area (Å²) in [6.07, 6.45) is 0. The molecule has 0 saturated carbocycles. The van der Waals surface area contributed by atoms with Crippen molar-refractivity contribution in [2.24, 2.45) is 0 Å². The molecular weight excluding hydrogens is 258 g/mol. The van der Waals surface area contributed by atoms with E-state index in [-0.39, 0.29) is 17.6 Å². The molecule has 0 atom stereocenters. The zero-order valence-corrected chi connectivity index (χ0v) is 10.5. The van der Waals surface area contributed by atoms with Gasteiger partial charge in [-0.05, 0) is 11.4 Å². The van der Waals surface area contributed by atoms with E-state index in [1.54, 1.807) is 11.3 Å². The van der Waals surface area contributed by atoms with Crippen LogP contribution in [0.4, 0.5) is 5.95 Å². The molecule has 4 N–H and O–H groups in total. The molecule has 2 rings (SSSR count). The number of carbonyl (C=O) groups excluding carboxylic acids is 1. The van der Waals surface area contributed by atoms with E-state index in [0.29, 0.717) is 11.7 Å². The molecule has 2 aromatic rings. The Bertz CT molecular complexity index is 481. The monoisotopic (exact) mass is 269 g/mol. The molecule has 0 saturated heterocycles. The summed E-state index contributed by atoms with van der Waals surface area (Å²) in [5.41, 5.74) is 5.37. The van der Waals surface area contributed by atoms with Crippen molar-refractivity contribution >= 4 is 35.0 Å². The Labute approximate surface area is 106 Å². The van der Waals surface area contributed by atoms with Gasteiger partial charge in [-0.1, -0.05) is 17.8 Å². The van der Waals surface area contributed by atoms with Gasteiger partial charge in [0.1, 0.15) is 0 Å². The second kappa shape index (κ2) is 5.69. The summed E-state index contributed by atoms with van der Waals surface area (Å²) in [6.45, 7) is 0.563. The standard InChI is InChI=1S/C9H11N5OS2/c10-8-12-9(14-13-8)17-5-7(15)11-4-6-2-1-3-16-6/h1-3H,4-5H2,(H,11,15)(H3,10,12,13,14). The molecule has 0 unspecified atom stereocenters. The fourth-order valence-corrected chi connectivity index (χ4v) is 2.38. The largest absolute Gasteiger partial charge is 0.368 e. The Balaban J connectivity index is 1.71. The third kappa shape index (κ3) is 3.75. The molecular formula is C9H11N5OS2. The van der Waals surface area contributed by atoms with Crippen LogP contribution in [0.3, 0.4) is 0 Å². The summed E-state index contributed by atoms with van der Waals surface area (Å²) < 4.78 is 0. The number of nitrogens with two attached hydrogens (primary N) is 1. The van der Waals surface area contributed by atoms with Crippen LogP contribution in [0.15, 0.2) is 22.7 Å². The van der Waals surface area contributed by atoms with Crippen LogP contribution in [0.2, 0.25) is 0 Å². The number of thiophene rings is 1. The summed E-state index contributed by atoms with van der Waals surface area (Å²) in [5.74, 6) is 0.487. The number of hydrogen-bond acceptors (Lipinski definition) is 6. The Morgan fingerprint density at radius 1 is 1.65 bits per heavy atom. The number of nitrogen functional groups attached to an aromatic ring is 1. The van der Waals surface area contributed by atoms with Crippen molar-refractivity contribution in [3.05, 3.63) is 22.4 Å². The smallest absolute Gasteiger partial charge is 0.230 e. The highest BCUT2D eigenvalue weighted by Gasteiger charge is 2.06. The van der Waals surface area contributed by atoms with Crippen LogP contribution in [0.25, 0.3) is 0 Å². The number of amides is 1. The molecule has 0 aliphatic carbocycles. The summed E-state index contributed by atoms with van der Waals surface area (Å²) in [7, 11) is 0. The molecule has 17 heavy (non-hydrogen) atoms. The maximum Gasteiger partial charge on any atom is 0.230 e. The predicted molar refractivity (Wildman–Crippen MR) is 67.7 cm³/mol. The van der Waals surface area contributed by atoms with Crippen molar-refractivity contribution in [2.45, 2.75) is 11.7 Å². The van der Waals surface area contributed by atoms with Crippen molar-refractivity contribution in [2.75, 3.05) is 11.5 Å². The average molecular weight is 269 g/mol. The van der Waals surface area contributed by atoms with E-state index in [4.69, 9.17) is 5.73 Å². The Kier molecular flexibility index (Phi) is 3.99. The molecule has 0 aromatic carbocycles. The fraction of sp³-hybridized carbons (Fsp3) is 0.222. The number of aromatic amines is 1. The van der Waals surface area contributed by atoms with Crippen molar-refractivity contribution in [3.63, 3.8) is 0 Å². The van der Waals surface area contributed by atoms with Gasteiger partial charge in [-0.3, -0.25) is 4.79 Å². The van der Waals surface area contributed by atoms with E-state index < -0.39 is 0 Å². The minimum absolute atomic E-state index is 0.0493. The van der Waals surface area contributed by atoms with Crippen molar-refractivity contribution in [1.29, 1.82) is 0 Å². The Morgan fingerprint density at radius 3 is 3.18 bits per heavy atom. The van der Waals surface area contributed by atoms with Gasteiger partial charge < -0.3 is 11.1 Å². The van der Waals surface area contributed by atoms with Crippen LogP contribution in [0.1, 0.15) is 4.88 Å². The molecule has 0 radical (unpaired) electrons. The van der Waals surface area contributed by atoms with Gasteiger partial charge in [0.15, 0.2) is 0 Å². The molecule has 2 heterocycles. The number of hydrogen-bond donors (Lipinski definition) is 3. The molecule has 0 bridgehead atoms. The molecule has 0 fully saturated rings. The van der Waals surface area contributed by atoms with Gasteiger partial charge in [-0.15, -0.1) is 16.4 Å². The van der Waals surface area contributed by atoms with Crippen molar-refractivity contribution in [1.82, 2.24) is 20.5 Å². The highest BCUT2D eigenvalue weighted by atomic mass is 32.2. The fourth-order valence-electron chi connectivity index (χ4n) is 1.10. The second-order valence-electron chi connectivity index (χ2n) is 3.15. The highest BCUT2D eigenvalue weighted by Crippen LogP contribution is 2.12. The van der Waals surface area contributed by atoms with Crippen molar-refractivity contribution < 1.29 is 4.79 Å². The van der Waals surface area contributed by atoms with Crippen molar-refractivity contribution in [3.8, 4) is 0 Å². The van der Waals surface area contributed by atoms with Crippen LogP contribution in [-0.2, 0) is 11.3 Å². The first-order chi connectivity index (χ1) is 8.24. The van der Waals surface area contributed by atoms with E-state index >= 15 is 0 Å². The maximum absolute atomic E-state index is 11.5. The summed E-state index contributed by atoms with van der Waals surface area (Å²) in [5, 5.41) is 11.6. The van der Waals surface area contributed by atoms with Crippen LogP contribution in [-0.4, -0.2) is 26.8 Å². The highest BCUT2D eigenvalue weighted by molar-refractivity contribution is 7.99. The first-order valence-corrected chi connectivity index (χ1v) is 6.70. The predicted octanol–water partition coefficient (Wildman–Crippen LogP) is 0.857. The van der Waals surface area contributed by atoms with Gasteiger partial charge in [-0.25, -0.2) is 5.10 Å². The molecule has 90 valence electrons. The second-order valence-corrected chi connectivity index (χ2v) is 5.12. The molecule has 0 spiro atoms. The van der Waals surface area contributed by atoms with Gasteiger partial charge in [0.2, 0.25) is 17.0 Å². The summed E-state index contributed by atoms with van der Waals surface area (Å²) in [6, 6.07) is 3.94. The third-order valence-corrected chi connectivity index (χ3v) is 3.58. The number of rotatable bonds is 5. The first kappa shape index (κ1) is 11.9. The van der Waals surface area contributed by atoms with E-state index in [1.807, 2.05) is 17.5 Å². The number of carbonyl (C=O) groups is 1. The summed E-state index contributed by atoms with van der Waals surface area (Å²) >= 11 is 2.86. The minimum Gasteiger partial charge on any atom is -0.368 e. The SMILES string of the molecule is Nc1nc(SCC(=O)NCc2cccs2)n[nH]1. The average Bonchev–Trinajstić information content (AvgIpc) is 2.95. The van der Waals surface area contributed by atoms with E-state index in [2.05, 4.69) is 20.5 Å². The van der Waals surface area contributed by atoms with Gasteiger partial charge >= 0.3 is 0 Å². The molecule has 8 heteroatoms. The van der Waals surface area contributed by atoms with Gasteiger partial charge in [0, 0.05) is 4.88 Å². The van der Waals surface area contributed by atoms with E-state index in [1.165, 1.54) is 11.8 Å². The van der Waals surface area contributed by atoms with Crippen LogP contribution in [0, 0.1) is 0 Å². The lowest BCUT2D eigenvalue weighted by atomic mass is 10.4. The number of nitrogens with one attached hydrogen (secondary N) is 2. The molecule has 0 aliphatic heterocycles. The Morgan fingerprint density at radius 2 is 2.53 bits per heavy atom. The van der Waals surface area contributed by atoms with Crippen LogP contribution >= 0.6 is 23.1 Å². The number of thioether (sulfide) groups is 1. The zero-order chi connectivity index (χ0) is 12.1. The minimum atomic E-state index is -0.0493. The molecule has 6 nitrogen and oxygen atoms in total. The maximum atomic E-state index is 11.5. The quantitative estimate of drug-likeness (QED) is 0.699. The normalized spacial score (nSPS) is 10.4. The number of nitrogens with zero attached hydrogens (tertiary/aromatic N) is 2. The topological polar surface area (TPSA) is 96.7 Å². The van der Waals surface area contributed by atoms with Crippen LogP contribution < -0.4 is 11.1 Å². The number of H-pyrrole nitrogens is 1. The lowest BCUT2D eigenvalue weighted by Crippen LogP contribution is -2.24. The van der Waals surface area contributed by atoms with Gasteiger partial charge in [-0.2, -0.15) is 4.98 Å². The Hall–Kier alpha value is -1.54. The zero-order valence-electron chi connectivity index (χ0n) is 8.84. The number of anilines is 1. The lowest BCUT2D eigenvalue weighted by Gasteiger charge is -2.01. The first-order valence-electron chi connectivity index (χ1n) is 4.84. The molecule has 0 aliphatic rings. The molecule has 2 aromatic heterocycles. The van der Waals surface area contributed by atoms with E-state index in [0.717, 1.165) is 4.88 Å². The van der Waals surface area contributed by atoms with E-state index in [9.17, 15) is 4.79 Å². The van der Waals surface area contributed by atoms with Gasteiger partial charge in [0.25, 0.3) is 0 Å². The van der Waals surface area contributed by atoms with Crippen LogP contribution in [0.5, 0.6) is 0 Å². The lowest BCUT2D eigenvalue weighted by molar-refractivity contribution is -0.118. The van der Waals surface area contributed by atoms with Gasteiger partial charge in [0.05, 0.1) is 12.3 Å². The third-order valence-electron chi connectivity index (χ3n) is 1.85. The summed E-state index contributed by atoms with van der Waals surface area (Å²) in [4.78, 5) is 16.5. The number of aromatic nitrogens is 3. The molecule has 1 amide bonds.